The van der Waals surface area contributed by atoms with Crippen LogP contribution >= 0.6 is 0 Å². The maximum atomic E-state index is 12.9. The van der Waals surface area contributed by atoms with Crippen LogP contribution in [0, 0.1) is 11.8 Å². The number of hydrogen-bond acceptors (Lipinski definition) is 4. The molecule has 0 saturated carbocycles. The van der Waals surface area contributed by atoms with Gasteiger partial charge in [-0.2, -0.15) is 0 Å². The number of allylic oxidation sites excluding steroid dienone is 2. The highest BCUT2D eigenvalue weighted by molar-refractivity contribution is 6.22. The van der Waals surface area contributed by atoms with E-state index in [1.807, 2.05) is 19.1 Å². The van der Waals surface area contributed by atoms with Crippen molar-refractivity contribution in [2.24, 2.45) is 11.8 Å². The molecule has 3 unspecified atom stereocenters. The second-order valence-electron chi connectivity index (χ2n) is 7.70. The third-order valence-corrected chi connectivity index (χ3v) is 5.64. The van der Waals surface area contributed by atoms with Crippen LogP contribution in [0.4, 0.5) is 5.69 Å². The summed E-state index contributed by atoms with van der Waals surface area (Å²) in [5.74, 6) is -0.557. The van der Waals surface area contributed by atoms with Crippen LogP contribution in [0.5, 0.6) is 5.75 Å². The first-order chi connectivity index (χ1) is 14.0. The number of carbonyl (C=O) groups excluding carboxylic acids is 3. The number of benzene rings is 2. The molecule has 0 radical (unpaired) electrons. The van der Waals surface area contributed by atoms with Gasteiger partial charge in [0, 0.05) is 11.6 Å². The standard InChI is InChI=1S/C24H23NO4/c1-15-11-12-20-21(13-15)24(28)25(23(20)27)18-9-6-10-19(14-18)29-16(2)22(26)17-7-4-3-5-8-17/h3-11,14,16,20-21H,12-13H2,1-2H3. The monoisotopic (exact) mass is 389 g/mol. The first-order valence-electron chi connectivity index (χ1n) is 9.85. The Hall–Kier alpha value is -3.21. The van der Waals surface area contributed by atoms with Crippen molar-refractivity contribution in [3.8, 4) is 5.75 Å². The van der Waals surface area contributed by atoms with E-state index in [9.17, 15) is 14.4 Å². The number of hydrogen-bond donors (Lipinski definition) is 0. The largest absolute Gasteiger partial charge is 0.482 e. The van der Waals surface area contributed by atoms with Gasteiger partial charge in [0.05, 0.1) is 17.5 Å². The Bertz CT molecular complexity index is 995. The lowest BCUT2D eigenvalue weighted by molar-refractivity contribution is -0.122. The van der Waals surface area contributed by atoms with Crippen molar-refractivity contribution < 1.29 is 19.1 Å². The molecular weight excluding hydrogens is 366 g/mol. The van der Waals surface area contributed by atoms with Gasteiger partial charge in [-0.3, -0.25) is 14.4 Å². The molecule has 1 saturated heterocycles. The van der Waals surface area contributed by atoms with E-state index in [2.05, 4.69) is 0 Å². The summed E-state index contributed by atoms with van der Waals surface area (Å²) in [5.41, 5.74) is 2.22. The number of amides is 2. The van der Waals surface area contributed by atoms with E-state index in [4.69, 9.17) is 4.74 Å². The molecule has 2 aromatic carbocycles. The fourth-order valence-electron chi connectivity index (χ4n) is 4.08. The number of ether oxygens (including phenoxy) is 1. The Morgan fingerprint density at radius 1 is 1.03 bits per heavy atom. The van der Waals surface area contributed by atoms with Crippen molar-refractivity contribution in [1.29, 1.82) is 0 Å². The zero-order chi connectivity index (χ0) is 20.5. The number of carbonyl (C=O) groups is 3. The van der Waals surface area contributed by atoms with Gasteiger partial charge in [-0.1, -0.05) is 48.0 Å². The summed E-state index contributed by atoms with van der Waals surface area (Å²) in [6, 6.07) is 15.8. The summed E-state index contributed by atoms with van der Waals surface area (Å²) in [4.78, 5) is 39.6. The van der Waals surface area contributed by atoms with Crippen LogP contribution in [0.25, 0.3) is 0 Å². The third-order valence-electron chi connectivity index (χ3n) is 5.64. The molecule has 2 amide bonds. The Labute approximate surface area is 170 Å². The highest BCUT2D eigenvalue weighted by Gasteiger charge is 2.48. The van der Waals surface area contributed by atoms with E-state index in [0.29, 0.717) is 29.8 Å². The summed E-state index contributed by atoms with van der Waals surface area (Å²) in [6.45, 7) is 3.69. The maximum Gasteiger partial charge on any atom is 0.238 e. The highest BCUT2D eigenvalue weighted by atomic mass is 16.5. The van der Waals surface area contributed by atoms with E-state index in [1.54, 1.807) is 55.5 Å². The second kappa shape index (κ2) is 7.66. The van der Waals surface area contributed by atoms with Gasteiger partial charge in [0.25, 0.3) is 0 Å². The topological polar surface area (TPSA) is 63.7 Å². The lowest BCUT2D eigenvalue weighted by Gasteiger charge is -2.19. The van der Waals surface area contributed by atoms with Crippen LogP contribution in [0.2, 0.25) is 0 Å². The molecule has 0 spiro atoms. The normalized spacial score (nSPS) is 22.1. The maximum absolute atomic E-state index is 12.9. The molecule has 4 rings (SSSR count). The summed E-state index contributed by atoms with van der Waals surface area (Å²) in [5, 5.41) is 0. The fourth-order valence-corrected chi connectivity index (χ4v) is 4.08. The van der Waals surface area contributed by atoms with Crippen molar-refractivity contribution >= 4 is 23.3 Å². The Kier molecular flexibility index (Phi) is 5.05. The van der Waals surface area contributed by atoms with Crippen molar-refractivity contribution in [2.45, 2.75) is 32.8 Å². The van der Waals surface area contributed by atoms with Crippen molar-refractivity contribution in [3.05, 3.63) is 71.8 Å². The quantitative estimate of drug-likeness (QED) is 0.437. The summed E-state index contributed by atoms with van der Waals surface area (Å²) in [7, 11) is 0. The van der Waals surface area contributed by atoms with Gasteiger partial charge < -0.3 is 4.74 Å². The summed E-state index contributed by atoms with van der Waals surface area (Å²) < 4.78 is 5.83. The van der Waals surface area contributed by atoms with Crippen molar-refractivity contribution in [1.82, 2.24) is 0 Å². The minimum absolute atomic E-state index is 0.128. The first kappa shape index (κ1) is 19.1. The molecule has 0 aromatic heterocycles. The average Bonchev–Trinajstić information content (AvgIpc) is 2.98. The SMILES string of the molecule is CC1=CCC2C(=O)N(c3cccc(OC(C)C(=O)c4ccccc4)c3)C(=O)C2C1. The molecule has 148 valence electrons. The fraction of sp³-hybridized carbons (Fsp3) is 0.292. The number of fused-ring (bicyclic) bond motifs is 1. The number of ketones is 1. The van der Waals surface area contributed by atoms with Gasteiger partial charge in [0.1, 0.15) is 5.75 Å². The second-order valence-corrected chi connectivity index (χ2v) is 7.70. The van der Waals surface area contributed by atoms with E-state index in [1.165, 1.54) is 4.90 Å². The zero-order valence-corrected chi connectivity index (χ0v) is 16.5. The minimum atomic E-state index is -0.688. The lowest BCUT2D eigenvalue weighted by atomic mass is 9.82. The average molecular weight is 389 g/mol. The van der Waals surface area contributed by atoms with E-state index in [0.717, 1.165) is 5.57 Å². The van der Waals surface area contributed by atoms with Crippen LogP contribution in [0.3, 0.4) is 0 Å². The third kappa shape index (κ3) is 3.60. The number of Topliss-reactive ketones (excluding diaryl/α,β-unsaturated/α-hetero) is 1. The Morgan fingerprint density at radius 3 is 2.52 bits per heavy atom. The number of anilines is 1. The predicted molar refractivity (Wildman–Crippen MR) is 110 cm³/mol. The number of nitrogens with zero attached hydrogens (tertiary/aromatic N) is 1. The van der Waals surface area contributed by atoms with Crippen molar-refractivity contribution in [2.75, 3.05) is 4.90 Å². The van der Waals surface area contributed by atoms with E-state index >= 15 is 0 Å². The first-order valence-corrected chi connectivity index (χ1v) is 9.85. The van der Waals surface area contributed by atoms with Crippen LogP contribution in [-0.2, 0) is 9.59 Å². The molecule has 1 fully saturated rings. The van der Waals surface area contributed by atoms with Crippen LogP contribution < -0.4 is 9.64 Å². The van der Waals surface area contributed by atoms with Crippen LogP contribution in [0.1, 0.15) is 37.0 Å². The zero-order valence-electron chi connectivity index (χ0n) is 16.5. The summed E-state index contributed by atoms with van der Waals surface area (Å²) >= 11 is 0. The van der Waals surface area contributed by atoms with Gasteiger partial charge in [0.2, 0.25) is 17.6 Å². The summed E-state index contributed by atoms with van der Waals surface area (Å²) in [6.07, 6.45) is 2.60. The molecule has 3 atom stereocenters. The molecule has 5 nitrogen and oxygen atoms in total. The smallest absolute Gasteiger partial charge is 0.238 e. The molecular formula is C24H23NO4. The molecule has 0 N–H and O–H groups in total. The minimum Gasteiger partial charge on any atom is -0.482 e. The molecule has 0 bridgehead atoms. The molecule has 2 aromatic rings. The molecule has 1 aliphatic carbocycles. The van der Waals surface area contributed by atoms with Gasteiger partial charge in [0.15, 0.2) is 6.10 Å². The number of rotatable bonds is 5. The van der Waals surface area contributed by atoms with Gasteiger partial charge >= 0.3 is 0 Å². The van der Waals surface area contributed by atoms with E-state index < -0.39 is 6.10 Å². The molecule has 29 heavy (non-hydrogen) atoms. The van der Waals surface area contributed by atoms with Gasteiger partial charge in [-0.25, -0.2) is 4.90 Å². The van der Waals surface area contributed by atoms with Crippen LogP contribution in [0.15, 0.2) is 66.2 Å². The van der Waals surface area contributed by atoms with Gasteiger partial charge in [-0.15, -0.1) is 0 Å². The van der Waals surface area contributed by atoms with E-state index in [-0.39, 0.29) is 29.4 Å². The molecule has 1 aliphatic heterocycles. The predicted octanol–water partition coefficient (Wildman–Crippen LogP) is 4.18. The Balaban J connectivity index is 1.53. The molecule has 1 heterocycles. The highest BCUT2D eigenvalue weighted by Crippen LogP contribution is 2.40. The lowest BCUT2D eigenvalue weighted by Crippen LogP contribution is -2.31. The molecule has 5 heteroatoms. The Morgan fingerprint density at radius 2 is 1.76 bits per heavy atom. The van der Waals surface area contributed by atoms with Gasteiger partial charge in [-0.05, 0) is 38.8 Å². The van der Waals surface area contributed by atoms with Crippen LogP contribution in [-0.4, -0.2) is 23.7 Å². The molecule has 2 aliphatic rings. The van der Waals surface area contributed by atoms with Crippen molar-refractivity contribution in [3.63, 3.8) is 0 Å². The number of imide groups is 1.